The monoisotopic (exact) mass is 724 g/mol. The number of ether oxygens (including phenoxy) is 3. The largest absolute Gasteiger partial charge is 0.484 e. The maximum Gasteiger partial charge on any atom is 0.320 e. The molecule has 2 aliphatic heterocycles. The average Bonchev–Trinajstić information content (AvgIpc) is 3.79. The second-order valence-electron chi connectivity index (χ2n) is 15.2. The third kappa shape index (κ3) is 9.22. The summed E-state index contributed by atoms with van der Waals surface area (Å²) in [6.45, 7) is 9.74. The van der Waals surface area contributed by atoms with Gasteiger partial charge in [-0.05, 0) is 80.0 Å². The van der Waals surface area contributed by atoms with Crippen LogP contribution >= 0.6 is 0 Å². The fourth-order valence-electron chi connectivity index (χ4n) is 7.09. The molecule has 7 rings (SSSR count). The molecular weight excluding hydrogens is 672 g/mol. The number of carbonyl (C=O) groups excluding carboxylic acids is 1. The molecule has 53 heavy (non-hydrogen) atoms. The lowest BCUT2D eigenvalue weighted by molar-refractivity contribution is -0.163. The van der Waals surface area contributed by atoms with Crippen LogP contribution < -0.4 is 20.3 Å². The van der Waals surface area contributed by atoms with Crippen LogP contribution in [0.5, 0.6) is 5.75 Å². The Bertz CT molecular complexity index is 1900. The number of carbonyl (C=O) groups is 1. The van der Waals surface area contributed by atoms with Crippen LogP contribution in [0.2, 0.25) is 0 Å². The lowest BCUT2D eigenvalue weighted by Gasteiger charge is -2.32. The maximum absolute atomic E-state index is 13.6. The first-order chi connectivity index (χ1) is 25.7. The van der Waals surface area contributed by atoms with Gasteiger partial charge in [0.25, 0.3) is 0 Å². The maximum atomic E-state index is 13.6. The molecule has 2 saturated heterocycles. The fraction of sp³-hybridized carbons (Fsp3) is 0.538. The van der Waals surface area contributed by atoms with Crippen LogP contribution in [0.3, 0.4) is 0 Å². The lowest BCUT2D eigenvalue weighted by Crippen LogP contribution is -2.43. The zero-order valence-electron chi connectivity index (χ0n) is 31.1. The summed E-state index contributed by atoms with van der Waals surface area (Å²) in [5.74, 6) is 2.41. The minimum absolute atomic E-state index is 0.148. The molecular formula is C39H52N10O4. The molecule has 0 radical (unpaired) electrons. The predicted molar refractivity (Wildman–Crippen MR) is 203 cm³/mol. The molecule has 3 N–H and O–H groups in total. The molecule has 2 amide bonds. The van der Waals surface area contributed by atoms with Crippen LogP contribution in [0, 0.1) is 10.8 Å². The Morgan fingerprint density at radius 1 is 1.00 bits per heavy atom. The summed E-state index contributed by atoms with van der Waals surface area (Å²) in [4.78, 5) is 25.0. The Hall–Kier alpha value is -4.82. The third-order valence-electron chi connectivity index (χ3n) is 10.2. The summed E-state index contributed by atoms with van der Waals surface area (Å²) in [5.41, 5.74) is 2.91. The Labute approximate surface area is 310 Å². The summed E-state index contributed by atoms with van der Waals surface area (Å²) in [5, 5.41) is 23.7. The summed E-state index contributed by atoms with van der Waals surface area (Å²) < 4.78 is 22.1. The lowest BCUT2D eigenvalue weighted by atomic mass is 9.85. The van der Waals surface area contributed by atoms with Crippen molar-refractivity contribution in [3.05, 3.63) is 66.2 Å². The number of anilines is 1. The van der Waals surface area contributed by atoms with Crippen LogP contribution in [-0.2, 0) is 16.0 Å². The van der Waals surface area contributed by atoms with E-state index in [4.69, 9.17) is 24.6 Å². The zero-order chi connectivity index (χ0) is 36.8. The van der Waals surface area contributed by atoms with Gasteiger partial charge in [0, 0.05) is 44.6 Å². The number of amides is 2. The summed E-state index contributed by atoms with van der Waals surface area (Å²) in [6.07, 6.45) is 13.4. The number of fused-ring (bicyclic) bond motifs is 2. The van der Waals surface area contributed by atoms with E-state index in [1.165, 1.54) is 6.42 Å². The van der Waals surface area contributed by atoms with Crippen LogP contribution in [0.25, 0.3) is 5.65 Å². The Balaban J connectivity index is 1.01. The van der Waals surface area contributed by atoms with Crippen LogP contribution in [0.4, 0.5) is 16.6 Å². The first kappa shape index (κ1) is 36.5. The van der Waals surface area contributed by atoms with E-state index in [-0.39, 0.29) is 36.3 Å². The minimum atomic E-state index is -0.387. The van der Waals surface area contributed by atoms with E-state index < -0.39 is 0 Å². The van der Waals surface area contributed by atoms with Crippen molar-refractivity contribution >= 4 is 35.0 Å². The highest BCUT2D eigenvalue weighted by Crippen LogP contribution is 2.39. The van der Waals surface area contributed by atoms with Crippen LogP contribution in [-0.4, -0.2) is 74.3 Å². The van der Waals surface area contributed by atoms with E-state index in [1.54, 1.807) is 6.33 Å². The number of benzene rings is 1. The van der Waals surface area contributed by atoms with Crippen molar-refractivity contribution in [1.82, 2.24) is 34.8 Å². The molecule has 14 nitrogen and oxygen atoms in total. The summed E-state index contributed by atoms with van der Waals surface area (Å²) in [7, 11) is 0. The van der Waals surface area contributed by atoms with Gasteiger partial charge in [-0.1, -0.05) is 45.0 Å². The highest BCUT2D eigenvalue weighted by Gasteiger charge is 2.30. The van der Waals surface area contributed by atoms with Gasteiger partial charge in [-0.3, -0.25) is 9.72 Å². The van der Waals surface area contributed by atoms with Gasteiger partial charge in [0.2, 0.25) is 5.95 Å². The number of aliphatic imine (C=N–C) groups is 1. The molecule has 0 spiro atoms. The number of amidine groups is 1. The van der Waals surface area contributed by atoms with Gasteiger partial charge in [0.15, 0.2) is 17.8 Å². The second kappa shape index (κ2) is 16.5. The topological polar surface area (TPSA) is 156 Å². The normalized spacial score (nSPS) is 20.9. The molecule has 3 unspecified atom stereocenters. The van der Waals surface area contributed by atoms with Gasteiger partial charge in [0.05, 0.1) is 25.2 Å². The van der Waals surface area contributed by atoms with Gasteiger partial charge in [-0.2, -0.15) is 0 Å². The van der Waals surface area contributed by atoms with Crippen molar-refractivity contribution in [1.29, 1.82) is 5.41 Å². The van der Waals surface area contributed by atoms with Crippen molar-refractivity contribution in [3.63, 3.8) is 0 Å². The number of rotatable bonds is 11. The molecule has 3 aliphatic rings. The van der Waals surface area contributed by atoms with Crippen molar-refractivity contribution in [2.75, 3.05) is 31.2 Å². The number of pyridine rings is 1. The van der Waals surface area contributed by atoms with Crippen LogP contribution in [0.1, 0.15) is 102 Å². The number of nitrogens with one attached hydrogen (secondary N) is 3. The van der Waals surface area contributed by atoms with Crippen LogP contribution in [0.15, 0.2) is 60.1 Å². The summed E-state index contributed by atoms with van der Waals surface area (Å²) >= 11 is 0. The zero-order valence-corrected chi connectivity index (χ0v) is 31.1. The van der Waals surface area contributed by atoms with Crippen molar-refractivity contribution in [2.24, 2.45) is 10.4 Å². The molecule has 3 atom stereocenters. The third-order valence-corrected chi connectivity index (χ3v) is 10.2. The van der Waals surface area contributed by atoms with Crippen molar-refractivity contribution in [3.8, 4) is 5.75 Å². The molecule has 0 saturated carbocycles. The SMILES string of the molecule is CC(C)(C)C(=N)CC(=Nc1cn(CCOC2CCCCO2)cn1)NC(=O)NC1CCC(Oc2ccc3nnc(N4CCCCC4)n3c2)c2ccccc21. The molecule has 14 heteroatoms. The molecule has 0 bridgehead atoms. The molecule has 2 fully saturated rings. The molecule has 5 heterocycles. The Kier molecular flexibility index (Phi) is 11.3. The van der Waals surface area contributed by atoms with E-state index in [1.807, 2.05) is 72.5 Å². The molecule has 3 aromatic heterocycles. The molecule has 282 valence electrons. The number of imidazole rings is 1. The highest BCUT2D eigenvalue weighted by molar-refractivity contribution is 6.09. The number of nitrogens with zero attached hydrogens (tertiary/aromatic N) is 7. The van der Waals surface area contributed by atoms with Gasteiger partial charge < -0.3 is 34.4 Å². The van der Waals surface area contributed by atoms with Gasteiger partial charge in [0.1, 0.15) is 17.7 Å². The van der Waals surface area contributed by atoms with E-state index >= 15 is 0 Å². The Morgan fingerprint density at radius 3 is 2.62 bits per heavy atom. The van der Waals surface area contributed by atoms with Gasteiger partial charge in [-0.25, -0.2) is 14.8 Å². The van der Waals surface area contributed by atoms with Gasteiger partial charge in [-0.15, -0.1) is 10.2 Å². The number of urea groups is 1. The fourth-order valence-corrected chi connectivity index (χ4v) is 7.09. The Morgan fingerprint density at radius 2 is 1.83 bits per heavy atom. The molecule has 1 aliphatic carbocycles. The van der Waals surface area contributed by atoms with E-state index in [0.29, 0.717) is 43.4 Å². The minimum Gasteiger partial charge on any atom is -0.484 e. The quantitative estimate of drug-likeness (QED) is 0.111. The number of hydrogen-bond acceptors (Lipinski definition) is 10. The number of hydrogen-bond donors (Lipinski definition) is 3. The van der Waals surface area contributed by atoms with Crippen molar-refractivity contribution in [2.45, 2.75) is 104 Å². The van der Waals surface area contributed by atoms with E-state index in [0.717, 1.165) is 80.3 Å². The van der Waals surface area contributed by atoms with E-state index in [2.05, 4.69) is 36.8 Å². The number of piperidine rings is 1. The first-order valence-electron chi connectivity index (χ1n) is 19.0. The van der Waals surface area contributed by atoms with E-state index in [9.17, 15) is 4.79 Å². The predicted octanol–water partition coefficient (Wildman–Crippen LogP) is 6.90. The second-order valence-corrected chi connectivity index (χ2v) is 15.2. The number of aromatic nitrogens is 5. The molecule has 1 aromatic carbocycles. The average molecular weight is 725 g/mol. The molecule has 4 aromatic rings. The smallest absolute Gasteiger partial charge is 0.320 e. The van der Waals surface area contributed by atoms with Gasteiger partial charge >= 0.3 is 6.03 Å². The summed E-state index contributed by atoms with van der Waals surface area (Å²) in [6, 6.07) is 11.4. The standard InChI is InChI=1S/C39H52N10O4/c1-39(2,3)32(40)23-33(43-34-25-47(26-41-34)20-22-52-36-13-7-10-21-51-36)44-37(50)42-30-15-16-31(29-12-6-5-11-28(29)30)53-27-14-17-35-45-46-38(49(35)24-27)48-18-8-4-9-19-48/h5-6,11-12,14,17,24-26,30-31,36,40H,4,7-10,13,15-16,18-23H2,1-3H3,(H2,42,43,44,50). The van der Waals surface area contributed by atoms with Crippen molar-refractivity contribution < 1.29 is 19.0 Å². The highest BCUT2D eigenvalue weighted by atomic mass is 16.7. The first-order valence-corrected chi connectivity index (χ1v) is 19.0.